The molecule has 2 N–H and O–H groups in total. The molecule has 1 heterocycles. The Morgan fingerprint density at radius 2 is 1.57 bits per heavy atom. The van der Waals surface area contributed by atoms with Gasteiger partial charge < -0.3 is 10.4 Å². The highest BCUT2D eigenvalue weighted by Crippen LogP contribution is 2.41. The van der Waals surface area contributed by atoms with Crippen molar-refractivity contribution in [1.82, 2.24) is 15.1 Å². The number of carbonyl (C=O) groups excluding carboxylic acids is 1. The molecule has 1 aromatic rings. The molecule has 2 saturated carbocycles. The molecule has 1 unspecified atom stereocenters. The van der Waals surface area contributed by atoms with Gasteiger partial charge >= 0.3 is 5.97 Å². The van der Waals surface area contributed by atoms with Crippen LogP contribution >= 0.6 is 0 Å². The van der Waals surface area contributed by atoms with Crippen molar-refractivity contribution in [2.45, 2.75) is 90.1 Å². The third-order valence-electron chi connectivity index (χ3n) is 6.72. The maximum Gasteiger partial charge on any atom is 0.326 e. The topological polar surface area (TPSA) is 84.2 Å². The predicted molar refractivity (Wildman–Crippen MR) is 108 cm³/mol. The second-order valence-electron chi connectivity index (χ2n) is 8.92. The van der Waals surface area contributed by atoms with Crippen molar-refractivity contribution in [3.63, 3.8) is 0 Å². The smallest absolute Gasteiger partial charge is 0.326 e. The molecule has 3 rings (SSSR count). The summed E-state index contributed by atoms with van der Waals surface area (Å²) in [6, 6.07) is 0.894. The number of carboxylic acid groups (broad SMARTS) is 1. The van der Waals surface area contributed by atoms with E-state index in [1.165, 1.54) is 38.5 Å². The van der Waals surface area contributed by atoms with Gasteiger partial charge in [-0.15, -0.1) is 0 Å². The van der Waals surface area contributed by atoms with Crippen molar-refractivity contribution in [3.05, 3.63) is 18.0 Å². The van der Waals surface area contributed by atoms with Gasteiger partial charge in [0, 0.05) is 12.2 Å². The SMILES string of the molecule is CC(C)n1nccc1C(=O)NC(C(=O)O)C(C1CCCCC1)C1CCCCC1. The highest BCUT2D eigenvalue weighted by atomic mass is 16.4. The molecule has 2 aliphatic carbocycles. The van der Waals surface area contributed by atoms with E-state index >= 15 is 0 Å². The molecule has 2 aliphatic rings. The minimum Gasteiger partial charge on any atom is -0.480 e. The van der Waals surface area contributed by atoms with Gasteiger partial charge in [-0.2, -0.15) is 5.10 Å². The van der Waals surface area contributed by atoms with Crippen LogP contribution in [0, 0.1) is 17.8 Å². The minimum absolute atomic E-state index is 0.0254. The standard InChI is InChI=1S/C22H35N3O3/c1-15(2)25-18(13-14-23-25)21(26)24-20(22(27)28)19(16-9-5-3-6-10-16)17-11-7-4-8-12-17/h13-17,19-20H,3-12H2,1-2H3,(H,24,26)(H,27,28). The normalized spacial score (nSPS) is 20.4. The monoisotopic (exact) mass is 389 g/mol. The summed E-state index contributed by atoms with van der Waals surface area (Å²) < 4.78 is 1.66. The molecule has 1 atom stereocenters. The van der Waals surface area contributed by atoms with E-state index in [0.717, 1.165) is 25.7 Å². The van der Waals surface area contributed by atoms with Crippen LogP contribution in [-0.4, -0.2) is 32.8 Å². The summed E-state index contributed by atoms with van der Waals surface area (Å²) in [5, 5.41) is 17.2. The third kappa shape index (κ3) is 4.76. The first-order chi connectivity index (χ1) is 13.5. The summed E-state index contributed by atoms with van der Waals surface area (Å²) in [5.41, 5.74) is 0.437. The first kappa shape index (κ1) is 20.9. The molecule has 156 valence electrons. The maximum atomic E-state index is 13.0. The van der Waals surface area contributed by atoms with Crippen LogP contribution in [0.25, 0.3) is 0 Å². The Labute approximate surface area is 168 Å². The second kappa shape index (κ2) is 9.57. The summed E-state index contributed by atoms with van der Waals surface area (Å²) in [6.07, 6.45) is 13.1. The van der Waals surface area contributed by atoms with Crippen molar-refractivity contribution >= 4 is 11.9 Å². The van der Waals surface area contributed by atoms with Crippen molar-refractivity contribution < 1.29 is 14.7 Å². The number of hydrogen-bond acceptors (Lipinski definition) is 3. The number of nitrogens with zero attached hydrogens (tertiary/aromatic N) is 2. The zero-order valence-corrected chi connectivity index (χ0v) is 17.3. The molecule has 0 bridgehead atoms. The number of nitrogens with one attached hydrogen (secondary N) is 1. The Morgan fingerprint density at radius 3 is 2.04 bits per heavy atom. The zero-order valence-electron chi connectivity index (χ0n) is 17.3. The molecule has 6 nitrogen and oxygen atoms in total. The van der Waals surface area contributed by atoms with Crippen LogP contribution in [0.5, 0.6) is 0 Å². The molecular formula is C22H35N3O3. The van der Waals surface area contributed by atoms with E-state index in [0.29, 0.717) is 17.5 Å². The maximum absolute atomic E-state index is 13.0. The Hall–Kier alpha value is -1.85. The van der Waals surface area contributed by atoms with Crippen LogP contribution in [0.1, 0.15) is 94.6 Å². The lowest BCUT2D eigenvalue weighted by Gasteiger charge is -2.41. The van der Waals surface area contributed by atoms with Crippen molar-refractivity contribution in [3.8, 4) is 0 Å². The van der Waals surface area contributed by atoms with Crippen molar-refractivity contribution in [2.75, 3.05) is 0 Å². The van der Waals surface area contributed by atoms with Gasteiger partial charge in [0.15, 0.2) is 0 Å². The molecule has 2 fully saturated rings. The fourth-order valence-corrected chi connectivity index (χ4v) is 5.41. The number of carboxylic acids is 1. The van der Waals surface area contributed by atoms with Crippen LogP contribution in [0.2, 0.25) is 0 Å². The number of aromatic nitrogens is 2. The summed E-state index contributed by atoms with van der Waals surface area (Å²) in [7, 11) is 0. The molecule has 0 radical (unpaired) electrons. The van der Waals surface area contributed by atoms with Crippen LogP contribution in [0.15, 0.2) is 12.3 Å². The van der Waals surface area contributed by atoms with Gasteiger partial charge in [-0.1, -0.05) is 64.2 Å². The quantitative estimate of drug-likeness (QED) is 0.723. The lowest BCUT2D eigenvalue weighted by molar-refractivity contribution is -0.142. The molecule has 0 saturated heterocycles. The lowest BCUT2D eigenvalue weighted by atomic mass is 9.66. The van der Waals surface area contributed by atoms with Crippen molar-refractivity contribution in [1.29, 1.82) is 0 Å². The number of carbonyl (C=O) groups is 2. The third-order valence-corrected chi connectivity index (χ3v) is 6.72. The Kier molecular flexibility index (Phi) is 7.13. The second-order valence-corrected chi connectivity index (χ2v) is 8.92. The molecule has 0 aromatic carbocycles. The van der Waals surface area contributed by atoms with E-state index in [9.17, 15) is 14.7 Å². The van der Waals surface area contributed by atoms with Crippen LogP contribution in [0.3, 0.4) is 0 Å². The highest BCUT2D eigenvalue weighted by molar-refractivity contribution is 5.95. The zero-order chi connectivity index (χ0) is 20.1. The highest BCUT2D eigenvalue weighted by Gasteiger charge is 2.41. The van der Waals surface area contributed by atoms with Crippen LogP contribution in [0.4, 0.5) is 0 Å². The predicted octanol–water partition coefficient (Wildman–Crippen LogP) is 4.42. The summed E-state index contributed by atoms with van der Waals surface area (Å²) in [4.78, 5) is 25.3. The van der Waals surface area contributed by atoms with Gasteiger partial charge in [0.1, 0.15) is 11.7 Å². The van der Waals surface area contributed by atoms with Gasteiger partial charge in [-0.25, -0.2) is 4.79 Å². The van der Waals surface area contributed by atoms with Gasteiger partial charge in [-0.05, 0) is 37.7 Å². The lowest BCUT2D eigenvalue weighted by Crippen LogP contribution is -2.51. The summed E-state index contributed by atoms with van der Waals surface area (Å²) in [6.45, 7) is 3.93. The van der Waals surface area contributed by atoms with Gasteiger partial charge in [0.2, 0.25) is 0 Å². The largest absolute Gasteiger partial charge is 0.480 e. The summed E-state index contributed by atoms with van der Waals surface area (Å²) >= 11 is 0. The minimum atomic E-state index is -0.898. The van der Waals surface area contributed by atoms with Crippen LogP contribution in [-0.2, 0) is 4.79 Å². The van der Waals surface area contributed by atoms with Gasteiger partial charge in [0.25, 0.3) is 5.91 Å². The molecular weight excluding hydrogens is 354 g/mol. The molecule has 1 amide bonds. The van der Waals surface area contributed by atoms with Gasteiger partial charge in [-0.3, -0.25) is 9.48 Å². The Balaban J connectivity index is 1.84. The fourth-order valence-electron chi connectivity index (χ4n) is 5.41. The first-order valence-corrected chi connectivity index (χ1v) is 11.1. The Bertz CT molecular complexity index is 640. The molecule has 1 aromatic heterocycles. The number of amides is 1. The van der Waals surface area contributed by atoms with Crippen LogP contribution < -0.4 is 5.32 Å². The fraction of sp³-hybridized carbons (Fsp3) is 0.773. The summed E-state index contributed by atoms with van der Waals surface area (Å²) in [5.74, 6) is -0.403. The number of rotatable bonds is 7. The molecule has 0 aliphatic heterocycles. The number of hydrogen-bond donors (Lipinski definition) is 2. The molecule has 0 spiro atoms. The number of aliphatic carboxylic acids is 1. The average Bonchev–Trinajstić information content (AvgIpc) is 3.19. The van der Waals surface area contributed by atoms with Gasteiger partial charge in [0.05, 0.1) is 0 Å². The van der Waals surface area contributed by atoms with E-state index in [2.05, 4.69) is 10.4 Å². The molecule has 6 heteroatoms. The Morgan fingerprint density at radius 1 is 1.04 bits per heavy atom. The van der Waals surface area contributed by atoms with E-state index in [-0.39, 0.29) is 17.9 Å². The average molecular weight is 390 g/mol. The molecule has 28 heavy (non-hydrogen) atoms. The van der Waals surface area contributed by atoms with E-state index in [1.807, 2.05) is 13.8 Å². The van der Waals surface area contributed by atoms with E-state index in [1.54, 1.807) is 16.9 Å². The van der Waals surface area contributed by atoms with Crippen molar-refractivity contribution in [2.24, 2.45) is 17.8 Å². The first-order valence-electron chi connectivity index (χ1n) is 11.1. The van der Waals surface area contributed by atoms with E-state index < -0.39 is 12.0 Å². The van der Waals surface area contributed by atoms with E-state index in [4.69, 9.17) is 0 Å².